The average molecular weight is 300 g/mol. The third-order valence-electron chi connectivity index (χ3n) is 2.98. The van der Waals surface area contributed by atoms with Crippen LogP contribution in [0.15, 0.2) is 4.52 Å². The van der Waals surface area contributed by atoms with E-state index in [9.17, 15) is 9.59 Å². The number of carbonyl (C=O) groups excluding carboxylic acids is 1. The molecule has 6 nitrogen and oxygen atoms in total. The van der Waals surface area contributed by atoms with Gasteiger partial charge in [-0.05, 0) is 20.3 Å². The molecular formula is C13H20N2O4S. The van der Waals surface area contributed by atoms with Crippen LogP contribution in [0.25, 0.3) is 0 Å². The number of nitrogens with zero attached hydrogens (tertiary/aromatic N) is 1. The summed E-state index contributed by atoms with van der Waals surface area (Å²) >= 11 is 1.48. The van der Waals surface area contributed by atoms with Crippen molar-refractivity contribution >= 4 is 23.6 Å². The Hall–Kier alpha value is -1.50. The van der Waals surface area contributed by atoms with Gasteiger partial charge in [-0.2, -0.15) is 0 Å². The number of carboxylic acids is 1. The average Bonchev–Trinajstić information content (AvgIpc) is 2.70. The Morgan fingerprint density at radius 2 is 2.15 bits per heavy atom. The van der Waals surface area contributed by atoms with Crippen molar-refractivity contribution in [2.75, 3.05) is 12.3 Å². The number of nitrogens with one attached hydrogen (secondary N) is 1. The number of rotatable bonds is 8. The van der Waals surface area contributed by atoms with Gasteiger partial charge in [-0.15, -0.1) is 11.8 Å². The summed E-state index contributed by atoms with van der Waals surface area (Å²) in [7, 11) is 0. The molecule has 0 fully saturated rings. The molecule has 1 aromatic rings. The summed E-state index contributed by atoms with van der Waals surface area (Å²) in [4.78, 5) is 22.2. The molecule has 112 valence electrons. The second kappa shape index (κ2) is 7.94. The number of carbonyl (C=O) groups is 2. The van der Waals surface area contributed by atoms with E-state index in [1.54, 1.807) is 6.92 Å². The molecule has 1 aromatic heterocycles. The van der Waals surface area contributed by atoms with E-state index in [4.69, 9.17) is 9.63 Å². The van der Waals surface area contributed by atoms with Crippen LogP contribution in [0.5, 0.6) is 0 Å². The number of aryl methyl sites for hydroxylation is 2. The second-order valence-corrected chi connectivity index (χ2v) is 5.66. The molecule has 7 heteroatoms. The lowest BCUT2D eigenvalue weighted by Gasteiger charge is -2.07. The molecule has 1 atom stereocenters. The number of amides is 1. The van der Waals surface area contributed by atoms with E-state index in [0.717, 1.165) is 17.0 Å². The first-order valence-electron chi connectivity index (χ1n) is 6.40. The highest BCUT2D eigenvalue weighted by molar-refractivity contribution is 7.99. The van der Waals surface area contributed by atoms with Crippen molar-refractivity contribution < 1.29 is 19.2 Å². The highest BCUT2D eigenvalue weighted by Gasteiger charge is 2.12. The molecule has 0 bridgehead atoms. The van der Waals surface area contributed by atoms with Crippen molar-refractivity contribution in [1.29, 1.82) is 0 Å². The zero-order valence-electron chi connectivity index (χ0n) is 11.9. The van der Waals surface area contributed by atoms with Crippen LogP contribution in [0.1, 0.15) is 30.4 Å². The van der Waals surface area contributed by atoms with Gasteiger partial charge in [-0.3, -0.25) is 9.59 Å². The molecule has 0 aliphatic heterocycles. The van der Waals surface area contributed by atoms with E-state index >= 15 is 0 Å². The molecule has 20 heavy (non-hydrogen) atoms. The van der Waals surface area contributed by atoms with Crippen molar-refractivity contribution in [3.05, 3.63) is 17.0 Å². The number of carboxylic acid groups (broad SMARTS) is 1. The van der Waals surface area contributed by atoms with Gasteiger partial charge in [0.05, 0.1) is 17.4 Å². The van der Waals surface area contributed by atoms with Crippen molar-refractivity contribution in [3.8, 4) is 0 Å². The first-order valence-corrected chi connectivity index (χ1v) is 7.56. The quantitative estimate of drug-likeness (QED) is 0.760. The fraction of sp³-hybridized carbons (Fsp3) is 0.615. The molecule has 0 aromatic carbocycles. The summed E-state index contributed by atoms with van der Waals surface area (Å²) in [6.07, 6.45) is 0.440. The second-order valence-electron chi connectivity index (χ2n) is 4.67. The lowest BCUT2D eigenvalue weighted by atomic mass is 10.1. The van der Waals surface area contributed by atoms with Crippen molar-refractivity contribution in [3.63, 3.8) is 0 Å². The third-order valence-corrected chi connectivity index (χ3v) is 3.94. The molecule has 0 radical (unpaired) electrons. The lowest BCUT2D eigenvalue weighted by Crippen LogP contribution is -2.28. The number of aromatic nitrogens is 1. The van der Waals surface area contributed by atoms with Gasteiger partial charge in [-0.25, -0.2) is 0 Å². The van der Waals surface area contributed by atoms with Crippen molar-refractivity contribution in [2.24, 2.45) is 5.92 Å². The van der Waals surface area contributed by atoms with Gasteiger partial charge in [0.15, 0.2) is 0 Å². The zero-order chi connectivity index (χ0) is 15.1. The number of hydrogen-bond acceptors (Lipinski definition) is 5. The van der Waals surface area contributed by atoms with Crippen LogP contribution in [0.4, 0.5) is 0 Å². The third kappa shape index (κ3) is 5.24. The predicted octanol–water partition coefficient (Wildman–Crippen LogP) is 1.75. The fourth-order valence-electron chi connectivity index (χ4n) is 1.56. The molecule has 0 aliphatic carbocycles. The molecule has 2 N–H and O–H groups in total. The molecule has 0 aliphatic rings. The molecule has 0 spiro atoms. The number of thioether (sulfide) groups is 1. The normalized spacial score (nSPS) is 12.2. The van der Waals surface area contributed by atoms with Crippen LogP contribution >= 0.6 is 11.8 Å². The van der Waals surface area contributed by atoms with Crippen LogP contribution < -0.4 is 5.32 Å². The SMILES string of the molecule is Cc1noc(C)c1CSCC(=O)NCCC(C)C(=O)O. The smallest absolute Gasteiger partial charge is 0.306 e. The van der Waals surface area contributed by atoms with Gasteiger partial charge in [0.1, 0.15) is 5.76 Å². The summed E-state index contributed by atoms with van der Waals surface area (Å²) in [6, 6.07) is 0. The Bertz CT molecular complexity index is 453. The number of hydrogen-bond donors (Lipinski definition) is 2. The summed E-state index contributed by atoms with van der Waals surface area (Å²) < 4.78 is 5.05. The van der Waals surface area contributed by atoms with Gasteiger partial charge < -0.3 is 14.9 Å². The topological polar surface area (TPSA) is 92.4 Å². The summed E-state index contributed by atoms with van der Waals surface area (Å²) in [5, 5.41) is 15.3. The van der Waals surface area contributed by atoms with Gasteiger partial charge in [0.2, 0.25) is 5.91 Å². The zero-order valence-corrected chi connectivity index (χ0v) is 12.7. The van der Waals surface area contributed by atoms with Crippen LogP contribution in [0.2, 0.25) is 0 Å². The van der Waals surface area contributed by atoms with Crippen molar-refractivity contribution in [2.45, 2.75) is 32.9 Å². The Kier molecular flexibility index (Phi) is 6.57. The largest absolute Gasteiger partial charge is 0.481 e. The minimum absolute atomic E-state index is 0.0839. The Balaban J connectivity index is 2.19. The Morgan fingerprint density at radius 3 is 2.70 bits per heavy atom. The number of aliphatic carboxylic acids is 1. The van der Waals surface area contributed by atoms with Crippen LogP contribution in [-0.4, -0.2) is 34.4 Å². The molecule has 0 saturated heterocycles. The minimum atomic E-state index is -0.841. The van der Waals surface area contributed by atoms with Crippen molar-refractivity contribution in [1.82, 2.24) is 10.5 Å². The first-order chi connectivity index (χ1) is 9.41. The molecule has 1 unspecified atom stereocenters. The predicted molar refractivity (Wildman–Crippen MR) is 76.6 cm³/mol. The van der Waals surface area contributed by atoms with E-state index in [2.05, 4.69) is 10.5 Å². The van der Waals surface area contributed by atoms with Gasteiger partial charge in [0, 0.05) is 17.9 Å². The first kappa shape index (κ1) is 16.6. The minimum Gasteiger partial charge on any atom is -0.481 e. The summed E-state index contributed by atoms with van der Waals surface area (Å²) in [6.45, 7) is 5.74. The summed E-state index contributed by atoms with van der Waals surface area (Å²) in [5.74, 6) is 0.438. The van der Waals surface area contributed by atoms with E-state index in [1.165, 1.54) is 11.8 Å². The maximum Gasteiger partial charge on any atom is 0.306 e. The van der Waals surface area contributed by atoms with Gasteiger partial charge >= 0.3 is 5.97 Å². The van der Waals surface area contributed by atoms with E-state index < -0.39 is 11.9 Å². The molecule has 1 amide bonds. The molecule has 1 heterocycles. The van der Waals surface area contributed by atoms with Gasteiger partial charge in [-0.1, -0.05) is 12.1 Å². The van der Waals surface area contributed by atoms with Crippen LogP contribution in [0.3, 0.4) is 0 Å². The van der Waals surface area contributed by atoms with Crippen LogP contribution in [0, 0.1) is 19.8 Å². The maximum absolute atomic E-state index is 11.6. The highest BCUT2D eigenvalue weighted by Crippen LogP contribution is 2.19. The summed E-state index contributed by atoms with van der Waals surface area (Å²) in [5.41, 5.74) is 1.88. The van der Waals surface area contributed by atoms with E-state index in [-0.39, 0.29) is 5.91 Å². The van der Waals surface area contributed by atoms with E-state index in [0.29, 0.717) is 24.5 Å². The lowest BCUT2D eigenvalue weighted by molar-refractivity contribution is -0.141. The fourth-order valence-corrected chi connectivity index (χ4v) is 2.56. The maximum atomic E-state index is 11.6. The van der Waals surface area contributed by atoms with E-state index in [1.807, 2.05) is 13.8 Å². The van der Waals surface area contributed by atoms with Crippen LogP contribution in [-0.2, 0) is 15.3 Å². The van der Waals surface area contributed by atoms with Gasteiger partial charge in [0.25, 0.3) is 0 Å². The highest BCUT2D eigenvalue weighted by atomic mass is 32.2. The molecular weight excluding hydrogens is 280 g/mol. The molecule has 1 rings (SSSR count). The Morgan fingerprint density at radius 1 is 1.45 bits per heavy atom. The molecule has 0 saturated carbocycles. The standard InChI is InChI=1S/C13H20N2O4S/c1-8(13(17)18)4-5-14-12(16)7-20-6-11-9(2)15-19-10(11)3/h8H,4-7H2,1-3H3,(H,14,16)(H,17,18). The Labute approximate surface area is 122 Å². The monoisotopic (exact) mass is 300 g/mol.